The molecule has 7 nitrogen and oxygen atoms in total. The molecule has 0 atom stereocenters. The monoisotopic (exact) mass is 270 g/mol. The fraction of sp³-hybridized carbons (Fsp3) is 0.0769. The summed E-state index contributed by atoms with van der Waals surface area (Å²) in [6.07, 6.45) is 2.47. The lowest BCUT2D eigenvalue weighted by Gasteiger charge is -2.10. The van der Waals surface area contributed by atoms with Gasteiger partial charge in [-0.2, -0.15) is 9.71 Å². The van der Waals surface area contributed by atoms with Gasteiger partial charge in [0.25, 0.3) is 0 Å². The van der Waals surface area contributed by atoms with E-state index in [1.54, 1.807) is 31.4 Å². The molecule has 2 heterocycles. The topological polar surface area (TPSA) is 90.1 Å². The van der Waals surface area contributed by atoms with Gasteiger partial charge in [-0.05, 0) is 24.3 Å². The first-order valence-corrected chi connectivity index (χ1v) is 5.77. The van der Waals surface area contributed by atoms with Crippen LogP contribution in [0, 0.1) is 0 Å². The summed E-state index contributed by atoms with van der Waals surface area (Å²) in [5, 5.41) is 9.86. The summed E-state index contributed by atoms with van der Waals surface area (Å²) >= 11 is 0. The maximum atomic E-state index is 11.7. The Morgan fingerprint density at radius 3 is 2.65 bits per heavy atom. The Labute approximate surface area is 113 Å². The van der Waals surface area contributed by atoms with Gasteiger partial charge in [-0.1, -0.05) is 0 Å². The predicted molar refractivity (Wildman–Crippen MR) is 69.9 cm³/mol. The van der Waals surface area contributed by atoms with Crippen molar-refractivity contribution >= 4 is 0 Å². The van der Waals surface area contributed by atoms with Crippen LogP contribution in [0.15, 0.2) is 41.6 Å². The first-order chi connectivity index (χ1) is 9.69. The summed E-state index contributed by atoms with van der Waals surface area (Å²) in [7, 11) is 1.58. The van der Waals surface area contributed by atoms with Crippen LogP contribution in [-0.4, -0.2) is 32.0 Å². The van der Waals surface area contributed by atoms with Crippen molar-refractivity contribution in [3.05, 3.63) is 47.1 Å². The first kappa shape index (κ1) is 12.1. The summed E-state index contributed by atoms with van der Waals surface area (Å²) in [5.74, 6) is 0.779. The summed E-state index contributed by atoms with van der Waals surface area (Å²) in [6, 6.07) is 7.09. The zero-order valence-corrected chi connectivity index (χ0v) is 10.5. The Hall–Kier alpha value is -2.96. The van der Waals surface area contributed by atoms with Gasteiger partial charge in [0.1, 0.15) is 12.1 Å². The quantitative estimate of drug-likeness (QED) is 0.700. The summed E-state index contributed by atoms with van der Waals surface area (Å²) in [4.78, 5) is 23.2. The highest BCUT2D eigenvalue weighted by Gasteiger charge is 2.16. The average molecular weight is 270 g/mol. The SMILES string of the molecule is COc1ccc(-c2cn(O)c3ncnc(=O)c-3n2)cc1. The Bertz CT molecular complexity index is 783. The second-order valence-electron chi connectivity index (χ2n) is 4.05. The molecule has 1 aromatic carbocycles. The molecule has 0 fully saturated rings. The Kier molecular flexibility index (Phi) is 2.79. The van der Waals surface area contributed by atoms with Crippen LogP contribution in [0.4, 0.5) is 0 Å². The smallest absolute Gasteiger partial charge is 0.301 e. The molecule has 0 unspecified atom stereocenters. The molecule has 7 heteroatoms. The van der Waals surface area contributed by atoms with E-state index in [9.17, 15) is 10.0 Å². The van der Waals surface area contributed by atoms with Gasteiger partial charge in [0, 0.05) is 5.56 Å². The van der Waals surface area contributed by atoms with E-state index in [1.165, 1.54) is 6.20 Å². The molecule has 20 heavy (non-hydrogen) atoms. The van der Waals surface area contributed by atoms with E-state index in [2.05, 4.69) is 15.0 Å². The van der Waals surface area contributed by atoms with Crippen molar-refractivity contribution in [3.63, 3.8) is 0 Å². The van der Waals surface area contributed by atoms with Gasteiger partial charge in [0.05, 0.1) is 19.0 Å². The van der Waals surface area contributed by atoms with Crippen molar-refractivity contribution in [2.45, 2.75) is 0 Å². The highest BCUT2D eigenvalue weighted by Crippen LogP contribution is 2.23. The van der Waals surface area contributed by atoms with Crippen molar-refractivity contribution in [1.82, 2.24) is 19.7 Å². The second kappa shape index (κ2) is 4.61. The van der Waals surface area contributed by atoms with Gasteiger partial charge < -0.3 is 9.94 Å². The van der Waals surface area contributed by atoms with Crippen LogP contribution in [0.25, 0.3) is 22.8 Å². The molecule has 1 N–H and O–H groups in total. The van der Waals surface area contributed by atoms with E-state index < -0.39 is 5.56 Å². The summed E-state index contributed by atoms with van der Waals surface area (Å²) < 4.78 is 5.84. The standard InChI is InChI=1S/C13H10N4O3/c1-20-9-4-2-8(3-5-9)10-6-17(19)12-11(16-10)13(18)15-7-14-12/h2-7,19H,1H3. The number of rotatable bonds is 2. The molecule has 0 bridgehead atoms. The predicted octanol–water partition coefficient (Wildman–Crippen LogP) is 1.05. The van der Waals surface area contributed by atoms with Crippen LogP contribution >= 0.6 is 0 Å². The van der Waals surface area contributed by atoms with Gasteiger partial charge in [-0.3, -0.25) is 4.79 Å². The molecular formula is C13H10N4O3. The van der Waals surface area contributed by atoms with Crippen molar-refractivity contribution < 1.29 is 9.94 Å². The van der Waals surface area contributed by atoms with Crippen LogP contribution in [0.5, 0.6) is 5.75 Å². The molecule has 1 aromatic rings. The number of fused-ring (bicyclic) bond motifs is 1. The van der Waals surface area contributed by atoms with Crippen LogP contribution in [0.1, 0.15) is 0 Å². The van der Waals surface area contributed by atoms with E-state index >= 15 is 0 Å². The van der Waals surface area contributed by atoms with Crippen LogP contribution < -0.4 is 10.3 Å². The second-order valence-corrected chi connectivity index (χ2v) is 4.05. The largest absolute Gasteiger partial charge is 0.497 e. The zero-order valence-electron chi connectivity index (χ0n) is 10.5. The number of benzene rings is 1. The van der Waals surface area contributed by atoms with Gasteiger partial charge in [-0.25, -0.2) is 9.97 Å². The van der Waals surface area contributed by atoms with E-state index in [-0.39, 0.29) is 11.5 Å². The third-order valence-electron chi connectivity index (χ3n) is 2.85. The number of aromatic nitrogens is 4. The van der Waals surface area contributed by atoms with Crippen molar-refractivity contribution in [3.8, 4) is 28.5 Å². The fourth-order valence-electron chi connectivity index (χ4n) is 1.85. The molecule has 0 saturated heterocycles. The minimum atomic E-state index is -0.534. The third kappa shape index (κ3) is 1.95. The van der Waals surface area contributed by atoms with Crippen LogP contribution in [0.3, 0.4) is 0 Å². The average Bonchev–Trinajstić information content (AvgIpc) is 2.48. The highest BCUT2D eigenvalue weighted by molar-refractivity contribution is 5.63. The number of ether oxygens (including phenoxy) is 1. The molecule has 2 aliphatic rings. The molecule has 0 spiro atoms. The zero-order chi connectivity index (χ0) is 14.1. The van der Waals surface area contributed by atoms with Gasteiger partial charge in [0.2, 0.25) is 5.82 Å². The maximum absolute atomic E-state index is 11.7. The van der Waals surface area contributed by atoms with E-state index in [4.69, 9.17) is 4.74 Å². The van der Waals surface area contributed by atoms with Gasteiger partial charge in [0.15, 0.2) is 5.69 Å². The molecule has 0 radical (unpaired) electrons. The molecule has 3 rings (SSSR count). The van der Waals surface area contributed by atoms with Crippen LogP contribution in [-0.2, 0) is 0 Å². The number of hydrogen-bond donors (Lipinski definition) is 1. The minimum Gasteiger partial charge on any atom is -0.497 e. The molecule has 2 aliphatic heterocycles. The highest BCUT2D eigenvalue weighted by atomic mass is 16.5. The summed E-state index contributed by atoms with van der Waals surface area (Å²) in [5.41, 5.74) is 0.657. The minimum absolute atomic E-state index is 0.0170. The lowest BCUT2D eigenvalue weighted by Crippen LogP contribution is -2.18. The van der Waals surface area contributed by atoms with E-state index in [0.29, 0.717) is 11.4 Å². The van der Waals surface area contributed by atoms with Crippen LogP contribution in [0.2, 0.25) is 0 Å². The molecule has 0 aromatic heterocycles. The molecule has 0 aliphatic carbocycles. The van der Waals surface area contributed by atoms with Gasteiger partial charge in [-0.15, -0.1) is 0 Å². The van der Waals surface area contributed by atoms with E-state index in [0.717, 1.165) is 16.6 Å². The van der Waals surface area contributed by atoms with Gasteiger partial charge >= 0.3 is 5.56 Å². The Balaban J connectivity index is 2.19. The Morgan fingerprint density at radius 2 is 1.95 bits per heavy atom. The first-order valence-electron chi connectivity index (χ1n) is 5.77. The van der Waals surface area contributed by atoms with Crippen molar-refractivity contribution in [2.24, 2.45) is 0 Å². The molecular weight excluding hydrogens is 260 g/mol. The normalized spacial score (nSPS) is 10.7. The van der Waals surface area contributed by atoms with Crippen molar-refractivity contribution in [2.75, 3.05) is 7.11 Å². The number of methoxy groups -OCH3 is 1. The summed E-state index contributed by atoms with van der Waals surface area (Å²) in [6.45, 7) is 0. The number of hydrogen-bond acceptors (Lipinski definition) is 6. The number of nitrogens with zero attached hydrogens (tertiary/aromatic N) is 4. The maximum Gasteiger partial charge on any atom is 0.301 e. The fourth-order valence-corrected chi connectivity index (χ4v) is 1.85. The lowest BCUT2D eigenvalue weighted by atomic mass is 10.1. The molecule has 0 amide bonds. The Morgan fingerprint density at radius 1 is 1.20 bits per heavy atom. The molecule has 100 valence electrons. The third-order valence-corrected chi connectivity index (χ3v) is 2.85. The van der Waals surface area contributed by atoms with E-state index in [1.807, 2.05) is 0 Å². The van der Waals surface area contributed by atoms with Crippen molar-refractivity contribution in [1.29, 1.82) is 0 Å². The lowest BCUT2D eigenvalue weighted by molar-refractivity contribution is 0.185. The molecule has 0 saturated carbocycles.